The normalized spacial score (nSPS) is 12.8. The number of esters is 1. The van der Waals surface area contributed by atoms with Crippen molar-refractivity contribution in [3.05, 3.63) is 12.2 Å². The van der Waals surface area contributed by atoms with Gasteiger partial charge < -0.3 is 19.9 Å². The highest BCUT2D eigenvalue weighted by Crippen LogP contribution is 2.06. The van der Waals surface area contributed by atoms with Crippen molar-refractivity contribution >= 4 is 18.0 Å². The van der Waals surface area contributed by atoms with Crippen LogP contribution in [0, 0.1) is 0 Å². The van der Waals surface area contributed by atoms with Crippen molar-refractivity contribution in [3.63, 3.8) is 0 Å². The number of carbonyl (C=O) groups excluding carboxylic acids is 2. The Balaban J connectivity index is 4.07. The average molecular weight is 273 g/mol. The van der Waals surface area contributed by atoms with Crippen molar-refractivity contribution in [1.29, 1.82) is 0 Å². The second kappa shape index (κ2) is 7.40. The Kier molecular flexibility index (Phi) is 6.60. The summed E-state index contributed by atoms with van der Waals surface area (Å²) < 4.78 is 9.69. The lowest BCUT2D eigenvalue weighted by Crippen LogP contribution is -2.42. The number of carbonyl (C=O) groups is 3. The van der Waals surface area contributed by atoms with Crippen LogP contribution in [-0.4, -0.2) is 41.4 Å². The lowest BCUT2D eigenvalue weighted by atomic mass is 10.2. The maximum absolute atomic E-state index is 11.4. The van der Waals surface area contributed by atoms with E-state index in [4.69, 9.17) is 14.6 Å². The summed E-state index contributed by atoms with van der Waals surface area (Å²) in [6, 6.07) is -0.881. The number of hydrogen-bond acceptors (Lipinski definition) is 5. The van der Waals surface area contributed by atoms with Gasteiger partial charge in [0.15, 0.2) is 0 Å². The molecule has 0 heterocycles. The molecule has 7 heteroatoms. The molecule has 0 rings (SSSR count). The zero-order chi connectivity index (χ0) is 15.1. The Morgan fingerprint density at radius 3 is 2.37 bits per heavy atom. The van der Waals surface area contributed by atoms with Crippen LogP contribution in [0.3, 0.4) is 0 Å². The summed E-state index contributed by atoms with van der Waals surface area (Å²) in [6.45, 7) is 6.36. The number of hydrogen-bond donors (Lipinski definition) is 2. The molecule has 0 fully saturated rings. The van der Waals surface area contributed by atoms with Gasteiger partial charge in [0.2, 0.25) is 0 Å². The molecule has 0 bridgehead atoms. The molecule has 2 N–H and O–H groups in total. The van der Waals surface area contributed by atoms with Gasteiger partial charge in [-0.05, 0) is 33.8 Å². The molecule has 7 nitrogen and oxygen atoms in total. The van der Waals surface area contributed by atoms with Gasteiger partial charge in [-0.25, -0.2) is 14.4 Å². The molecule has 0 saturated heterocycles. The number of carboxylic acids is 1. The van der Waals surface area contributed by atoms with E-state index >= 15 is 0 Å². The summed E-state index contributed by atoms with van der Waals surface area (Å²) in [4.78, 5) is 32.9. The molecular formula is C12H19NO6. The number of aliphatic carboxylic acids is 1. The Labute approximate surface area is 111 Å². The first-order chi connectivity index (χ1) is 8.61. The van der Waals surface area contributed by atoms with Crippen LogP contribution in [0.5, 0.6) is 0 Å². The minimum Gasteiger partial charge on any atom is -0.478 e. The van der Waals surface area contributed by atoms with Crippen molar-refractivity contribution in [2.75, 3.05) is 6.61 Å². The third-order valence-corrected chi connectivity index (χ3v) is 1.67. The molecule has 108 valence electrons. The maximum Gasteiger partial charge on any atom is 0.408 e. The first-order valence-electron chi connectivity index (χ1n) is 5.67. The van der Waals surface area contributed by atoms with Crippen LogP contribution in [0.4, 0.5) is 4.79 Å². The highest BCUT2D eigenvalue weighted by molar-refractivity contribution is 5.81. The van der Waals surface area contributed by atoms with Gasteiger partial charge in [0, 0.05) is 6.08 Å². The summed E-state index contributed by atoms with van der Waals surface area (Å²) in [5.41, 5.74) is -0.655. The number of rotatable bonds is 5. The van der Waals surface area contributed by atoms with Gasteiger partial charge in [-0.1, -0.05) is 0 Å². The van der Waals surface area contributed by atoms with Gasteiger partial charge in [-0.2, -0.15) is 0 Å². The van der Waals surface area contributed by atoms with E-state index in [0.29, 0.717) is 0 Å². The first-order valence-corrected chi connectivity index (χ1v) is 5.67. The van der Waals surface area contributed by atoms with Crippen LogP contribution >= 0.6 is 0 Å². The van der Waals surface area contributed by atoms with Gasteiger partial charge in [0.1, 0.15) is 18.2 Å². The van der Waals surface area contributed by atoms with E-state index in [9.17, 15) is 14.4 Å². The molecule has 1 atom stereocenters. The molecule has 1 amide bonds. The average Bonchev–Trinajstić information content (AvgIpc) is 2.20. The fourth-order valence-corrected chi connectivity index (χ4v) is 0.947. The zero-order valence-corrected chi connectivity index (χ0v) is 11.4. The van der Waals surface area contributed by atoms with E-state index in [1.54, 1.807) is 20.8 Å². The monoisotopic (exact) mass is 273 g/mol. The van der Waals surface area contributed by atoms with Crippen LogP contribution in [0.25, 0.3) is 0 Å². The predicted octanol–water partition coefficient (Wildman–Crippen LogP) is 1.08. The van der Waals surface area contributed by atoms with Crippen LogP contribution < -0.4 is 5.32 Å². The second-order valence-corrected chi connectivity index (χ2v) is 4.74. The molecule has 0 aromatic carbocycles. The Morgan fingerprint density at radius 1 is 1.32 bits per heavy atom. The lowest BCUT2D eigenvalue weighted by Gasteiger charge is -2.21. The van der Waals surface area contributed by atoms with E-state index in [2.05, 4.69) is 5.32 Å². The van der Waals surface area contributed by atoms with Gasteiger partial charge in [-0.3, -0.25) is 0 Å². The van der Waals surface area contributed by atoms with Crippen LogP contribution in [0.2, 0.25) is 0 Å². The Bertz CT molecular complexity index is 369. The third kappa shape index (κ3) is 9.63. The summed E-state index contributed by atoms with van der Waals surface area (Å²) in [6.07, 6.45) is 1.32. The summed E-state index contributed by atoms with van der Waals surface area (Å²) in [5, 5.41) is 10.6. The van der Waals surface area contributed by atoms with Crippen LogP contribution in [-0.2, 0) is 19.1 Å². The number of nitrogens with one attached hydrogen (secondary N) is 1. The first kappa shape index (κ1) is 16.9. The van der Waals surface area contributed by atoms with Crippen molar-refractivity contribution in [3.8, 4) is 0 Å². The van der Waals surface area contributed by atoms with Gasteiger partial charge in [-0.15, -0.1) is 0 Å². The van der Waals surface area contributed by atoms with E-state index in [1.165, 1.54) is 13.0 Å². The van der Waals surface area contributed by atoms with Gasteiger partial charge in [0.05, 0.1) is 0 Å². The number of carboxylic acid groups (broad SMARTS) is 1. The molecule has 0 saturated carbocycles. The number of ether oxygens (including phenoxy) is 2. The van der Waals surface area contributed by atoms with Gasteiger partial charge >= 0.3 is 18.0 Å². The molecule has 19 heavy (non-hydrogen) atoms. The number of amides is 1. The van der Waals surface area contributed by atoms with Crippen LogP contribution in [0.15, 0.2) is 12.2 Å². The molecule has 0 aliphatic carbocycles. The smallest absolute Gasteiger partial charge is 0.408 e. The van der Waals surface area contributed by atoms with Crippen LogP contribution in [0.1, 0.15) is 27.7 Å². The molecule has 0 radical (unpaired) electrons. The molecule has 0 aromatic rings. The maximum atomic E-state index is 11.4. The van der Waals surface area contributed by atoms with E-state index in [-0.39, 0.29) is 6.61 Å². The third-order valence-electron chi connectivity index (χ3n) is 1.67. The van der Waals surface area contributed by atoms with Crippen molar-refractivity contribution in [2.45, 2.75) is 39.3 Å². The summed E-state index contributed by atoms with van der Waals surface area (Å²) in [7, 11) is 0. The minimum absolute atomic E-state index is 0.175. The largest absolute Gasteiger partial charge is 0.478 e. The fraction of sp³-hybridized carbons (Fsp3) is 0.583. The zero-order valence-electron chi connectivity index (χ0n) is 11.4. The highest BCUT2D eigenvalue weighted by atomic mass is 16.6. The molecule has 0 spiro atoms. The Morgan fingerprint density at radius 2 is 1.89 bits per heavy atom. The summed E-state index contributed by atoms with van der Waals surface area (Å²) >= 11 is 0. The minimum atomic E-state index is -1.13. The van der Waals surface area contributed by atoms with Crippen molar-refractivity contribution in [2.24, 2.45) is 0 Å². The standard InChI is InChI=1S/C12H19NO6/c1-8(13-11(17)19-12(2,3)4)10(16)18-7-5-6-9(14)15/h5-6,8H,7H2,1-4H3,(H,13,17)(H,14,15)/t8-/m0/s1. The van der Waals surface area contributed by atoms with E-state index < -0.39 is 29.7 Å². The fourth-order valence-electron chi connectivity index (χ4n) is 0.947. The topological polar surface area (TPSA) is 102 Å². The summed E-state index contributed by atoms with van der Waals surface area (Å²) in [5.74, 6) is -1.81. The molecule has 0 aromatic heterocycles. The predicted molar refractivity (Wildman–Crippen MR) is 66.6 cm³/mol. The molecule has 0 aliphatic heterocycles. The lowest BCUT2D eigenvalue weighted by molar-refractivity contribution is -0.144. The number of alkyl carbamates (subject to hydrolysis) is 1. The molecule has 0 aliphatic rings. The molecule has 0 unspecified atom stereocenters. The van der Waals surface area contributed by atoms with Crippen molar-refractivity contribution in [1.82, 2.24) is 5.32 Å². The SMILES string of the molecule is C[C@H](NC(=O)OC(C)(C)C)C(=O)OCC=CC(=O)O. The van der Waals surface area contributed by atoms with E-state index in [0.717, 1.165) is 6.08 Å². The highest BCUT2D eigenvalue weighted by Gasteiger charge is 2.21. The second-order valence-electron chi connectivity index (χ2n) is 4.74. The Hall–Kier alpha value is -2.05. The van der Waals surface area contributed by atoms with E-state index in [1.807, 2.05) is 0 Å². The quantitative estimate of drug-likeness (QED) is 0.574. The van der Waals surface area contributed by atoms with Crippen molar-refractivity contribution < 1.29 is 29.0 Å². The molecular weight excluding hydrogens is 254 g/mol. The van der Waals surface area contributed by atoms with Gasteiger partial charge in [0.25, 0.3) is 0 Å².